The van der Waals surface area contributed by atoms with Gasteiger partial charge in [-0.1, -0.05) is 11.6 Å². The zero-order valence-corrected chi connectivity index (χ0v) is 15.8. The highest BCUT2D eigenvalue weighted by Gasteiger charge is 2.28. The predicted octanol–water partition coefficient (Wildman–Crippen LogP) is 2.61. The maximum atomic E-state index is 12.5. The minimum absolute atomic E-state index is 0.0239. The number of carbonyl (C=O) groups is 1. The second-order valence-electron chi connectivity index (χ2n) is 6.68. The number of aromatic amines is 1. The van der Waals surface area contributed by atoms with Crippen LogP contribution in [0.1, 0.15) is 30.3 Å². The van der Waals surface area contributed by atoms with Crippen LogP contribution in [0.15, 0.2) is 24.3 Å². The van der Waals surface area contributed by atoms with Gasteiger partial charge in [0.2, 0.25) is 10.0 Å². The number of nitrogens with one attached hydrogen (secondary N) is 2. The van der Waals surface area contributed by atoms with Crippen LogP contribution in [0, 0.1) is 5.92 Å². The number of H-pyrrole nitrogens is 1. The molecule has 8 heteroatoms. The maximum absolute atomic E-state index is 12.5. The number of aromatic nitrogens is 1. The van der Waals surface area contributed by atoms with Gasteiger partial charge in [0.1, 0.15) is 5.69 Å². The Balaban J connectivity index is 1.62. The summed E-state index contributed by atoms with van der Waals surface area (Å²) in [5.74, 6) is 0.103. The lowest BCUT2D eigenvalue weighted by atomic mass is 9.91. The highest BCUT2D eigenvalue weighted by atomic mass is 35.5. The minimum Gasteiger partial charge on any atom is -0.351 e. The molecule has 1 saturated heterocycles. The summed E-state index contributed by atoms with van der Waals surface area (Å²) in [7, 11) is -3.13. The van der Waals surface area contributed by atoms with E-state index < -0.39 is 10.0 Å². The van der Waals surface area contributed by atoms with Crippen molar-refractivity contribution in [3.05, 3.63) is 35.0 Å². The van der Waals surface area contributed by atoms with Crippen LogP contribution in [0.25, 0.3) is 10.9 Å². The summed E-state index contributed by atoms with van der Waals surface area (Å²) in [6, 6.07) is 7.20. The van der Waals surface area contributed by atoms with Crippen molar-refractivity contribution in [1.82, 2.24) is 14.6 Å². The smallest absolute Gasteiger partial charge is 0.267 e. The van der Waals surface area contributed by atoms with Gasteiger partial charge < -0.3 is 10.3 Å². The van der Waals surface area contributed by atoms with Gasteiger partial charge in [0.25, 0.3) is 5.91 Å². The SMILES string of the molecule is CC(NC(=O)c1cc2cc(Cl)ccc2[nH]1)C1CCN(S(C)(=O)=O)CC1. The van der Waals surface area contributed by atoms with E-state index in [4.69, 9.17) is 11.6 Å². The zero-order chi connectivity index (χ0) is 18.2. The van der Waals surface area contributed by atoms with Crippen molar-refractivity contribution < 1.29 is 13.2 Å². The number of benzene rings is 1. The average molecular weight is 384 g/mol. The zero-order valence-electron chi connectivity index (χ0n) is 14.3. The third-order valence-corrected chi connectivity index (χ3v) is 6.40. The Morgan fingerprint density at radius 1 is 1.32 bits per heavy atom. The molecule has 6 nitrogen and oxygen atoms in total. The Hall–Kier alpha value is -1.57. The van der Waals surface area contributed by atoms with Crippen LogP contribution in [0.3, 0.4) is 0 Å². The molecule has 0 bridgehead atoms. The molecule has 1 fully saturated rings. The third kappa shape index (κ3) is 4.16. The van der Waals surface area contributed by atoms with E-state index >= 15 is 0 Å². The van der Waals surface area contributed by atoms with Crippen LogP contribution < -0.4 is 5.32 Å². The van der Waals surface area contributed by atoms with Crippen molar-refractivity contribution in [2.75, 3.05) is 19.3 Å². The molecule has 0 spiro atoms. The van der Waals surface area contributed by atoms with E-state index in [1.165, 1.54) is 10.6 Å². The van der Waals surface area contributed by atoms with Gasteiger partial charge >= 0.3 is 0 Å². The fourth-order valence-corrected chi connectivity index (χ4v) is 4.39. The first-order valence-electron chi connectivity index (χ1n) is 8.28. The maximum Gasteiger partial charge on any atom is 0.267 e. The molecule has 1 aliphatic rings. The number of fused-ring (bicyclic) bond motifs is 1. The number of halogens is 1. The van der Waals surface area contributed by atoms with E-state index in [2.05, 4.69) is 10.3 Å². The van der Waals surface area contributed by atoms with Crippen molar-refractivity contribution in [2.45, 2.75) is 25.8 Å². The Bertz CT molecular complexity index is 886. The van der Waals surface area contributed by atoms with Gasteiger partial charge in [-0.2, -0.15) is 0 Å². The van der Waals surface area contributed by atoms with Crippen molar-refractivity contribution in [2.24, 2.45) is 5.92 Å². The van der Waals surface area contributed by atoms with Crippen molar-refractivity contribution in [3.63, 3.8) is 0 Å². The lowest BCUT2D eigenvalue weighted by Crippen LogP contribution is -2.45. The molecule has 136 valence electrons. The second-order valence-corrected chi connectivity index (χ2v) is 9.10. The summed E-state index contributed by atoms with van der Waals surface area (Å²) < 4.78 is 24.7. The molecule has 1 unspecified atom stereocenters. The molecule has 1 aromatic carbocycles. The first kappa shape index (κ1) is 18.2. The number of carbonyl (C=O) groups excluding carboxylic acids is 1. The van der Waals surface area contributed by atoms with E-state index in [9.17, 15) is 13.2 Å². The standard InChI is InChI=1S/C17H22ClN3O3S/c1-11(12-5-7-21(8-6-12)25(2,23)24)19-17(22)16-10-13-9-14(18)3-4-15(13)20-16/h3-4,9-12,20H,5-8H2,1-2H3,(H,19,22). The Kier molecular flexibility index (Phi) is 5.09. The third-order valence-electron chi connectivity index (χ3n) is 4.86. The fraction of sp³-hybridized carbons (Fsp3) is 0.471. The molecule has 0 aliphatic carbocycles. The number of sulfonamides is 1. The van der Waals surface area contributed by atoms with E-state index in [0.29, 0.717) is 23.8 Å². The fourth-order valence-electron chi connectivity index (χ4n) is 3.34. The molecule has 25 heavy (non-hydrogen) atoms. The van der Waals surface area contributed by atoms with E-state index in [1.54, 1.807) is 12.1 Å². The van der Waals surface area contributed by atoms with Crippen LogP contribution in [-0.2, 0) is 10.0 Å². The molecule has 0 radical (unpaired) electrons. The summed E-state index contributed by atoms with van der Waals surface area (Å²) in [6.45, 7) is 2.99. The van der Waals surface area contributed by atoms with Crippen LogP contribution in [0.4, 0.5) is 0 Å². The first-order valence-corrected chi connectivity index (χ1v) is 10.5. The Morgan fingerprint density at radius 3 is 2.64 bits per heavy atom. The number of rotatable bonds is 4. The minimum atomic E-state index is -3.13. The van der Waals surface area contributed by atoms with Crippen LogP contribution in [0.2, 0.25) is 5.02 Å². The Labute approximate surface area is 152 Å². The number of hydrogen-bond donors (Lipinski definition) is 2. The molecular weight excluding hydrogens is 362 g/mol. The quantitative estimate of drug-likeness (QED) is 0.851. The summed E-state index contributed by atoms with van der Waals surface area (Å²) in [5.41, 5.74) is 1.36. The number of nitrogens with zero attached hydrogens (tertiary/aromatic N) is 1. The van der Waals surface area contributed by atoms with Crippen LogP contribution in [0.5, 0.6) is 0 Å². The van der Waals surface area contributed by atoms with Crippen molar-refractivity contribution in [3.8, 4) is 0 Å². The van der Waals surface area contributed by atoms with Gasteiger partial charge in [0.15, 0.2) is 0 Å². The normalized spacial score (nSPS) is 18.4. The Morgan fingerprint density at radius 2 is 2.00 bits per heavy atom. The second kappa shape index (κ2) is 6.97. The van der Waals surface area contributed by atoms with Crippen molar-refractivity contribution in [1.29, 1.82) is 0 Å². The monoisotopic (exact) mass is 383 g/mol. The highest BCUT2D eigenvalue weighted by Crippen LogP contribution is 2.23. The lowest BCUT2D eigenvalue weighted by molar-refractivity contribution is 0.0911. The number of hydrogen-bond acceptors (Lipinski definition) is 3. The molecule has 1 aliphatic heterocycles. The lowest BCUT2D eigenvalue weighted by Gasteiger charge is -2.33. The van der Waals surface area contributed by atoms with Crippen molar-refractivity contribution >= 4 is 38.4 Å². The van der Waals surface area contributed by atoms with E-state index in [1.807, 2.05) is 19.1 Å². The van der Waals surface area contributed by atoms with Gasteiger partial charge in [-0.25, -0.2) is 12.7 Å². The highest BCUT2D eigenvalue weighted by molar-refractivity contribution is 7.88. The summed E-state index contributed by atoms with van der Waals surface area (Å²) in [5, 5.41) is 4.55. The van der Waals surface area contributed by atoms with Crippen LogP contribution in [-0.4, -0.2) is 49.0 Å². The summed E-state index contributed by atoms with van der Waals surface area (Å²) in [4.78, 5) is 15.6. The molecule has 1 amide bonds. The summed E-state index contributed by atoms with van der Waals surface area (Å²) >= 11 is 5.98. The number of piperidine rings is 1. The molecule has 2 N–H and O–H groups in total. The van der Waals surface area contributed by atoms with Crippen LogP contribution >= 0.6 is 11.6 Å². The van der Waals surface area contributed by atoms with Gasteiger partial charge in [-0.3, -0.25) is 4.79 Å². The average Bonchev–Trinajstić information content (AvgIpc) is 2.97. The molecule has 0 saturated carbocycles. The first-order chi connectivity index (χ1) is 11.7. The number of amides is 1. The molecule has 3 rings (SSSR count). The van der Waals surface area contributed by atoms with E-state index in [-0.39, 0.29) is 17.9 Å². The van der Waals surface area contributed by atoms with Gasteiger partial charge in [-0.05, 0) is 49.9 Å². The largest absolute Gasteiger partial charge is 0.351 e. The molecule has 2 aromatic rings. The van der Waals surface area contributed by atoms with Gasteiger partial charge in [0.05, 0.1) is 6.26 Å². The topological polar surface area (TPSA) is 82.3 Å². The molecular formula is C17H22ClN3O3S. The molecule has 1 atom stereocenters. The molecule has 2 heterocycles. The predicted molar refractivity (Wildman–Crippen MR) is 99.4 cm³/mol. The van der Waals surface area contributed by atoms with E-state index in [0.717, 1.165) is 23.7 Å². The summed E-state index contributed by atoms with van der Waals surface area (Å²) in [6.07, 6.45) is 2.73. The van der Waals surface area contributed by atoms with Gasteiger partial charge in [0, 0.05) is 35.1 Å². The van der Waals surface area contributed by atoms with Gasteiger partial charge in [-0.15, -0.1) is 0 Å². The molecule has 1 aromatic heterocycles.